The number of rotatable bonds is 5. The average molecular weight is 946 g/mol. The van der Waals surface area contributed by atoms with E-state index in [1.165, 1.54) is 95.0 Å². The van der Waals surface area contributed by atoms with Gasteiger partial charge in [-0.3, -0.25) is 0 Å². The van der Waals surface area contributed by atoms with Crippen LogP contribution in [0.25, 0.3) is 0 Å². The summed E-state index contributed by atoms with van der Waals surface area (Å²) in [5, 5.41) is 0. The van der Waals surface area contributed by atoms with Crippen LogP contribution < -0.4 is 31.1 Å². The summed E-state index contributed by atoms with van der Waals surface area (Å²) >= 11 is 0. The minimum Gasteiger partial charge on any atom is -0.311 e. The van der Waals surface area contributed by atoms with E-state index in [4.69, 9.17) is 0 Å². The van der Waals surface area contributed by atoms with Crippen molar-refractivity contribution >= 4 is 74.3 Å². The Morgan fingerprint density at radius 2 is 0.861 bits per heavy atom. The summed E-state index contributed by atoms with van der Waals surface area (Å²) < 4.78 is 0. The van der Waals surface area contributed by atoms with E-state index < -0.39 is 0 Å². The van der Waals surface area contributed by atoms with Gasteiger partial charge in [0.2, 0.25) is 0 Å². The summed E-state index contributed by atoms with van der Waals surface area (Å²) in [5.41, 5.74) is 26.9. The maximum atomic E-state index is 2.74. The number of benzene rings is 7. The van der Waals surface area contributed by atoms with E-state index in [0.29, 0.717) is 0 Å². The van der Waals surface area contributed by atoms with Gasteiger partial charge in [0.1, 0.15) is 0 Å². The van der Waals surface area contributed by atoms with Crippen LogP contribution in [0.5, 0.6) is 0 Å². The quantitative estimate of drug-likeness (QED) is 0.159. The first-order valence-electron chi connectivity index (χ1n) is 27.0. The molecule has 2 heterocycles. The van der Waals surface area contributed by atoms with Gasteiger partial charge in [0.25, 0.3) is 6.71 Å². The SMILES string of the molecule is Cc1cc2c(cc1N1c3cc4c(cc3B3c5ccc(C(C)(C)C)cc5N(c5ccc6c(c5)C(C)(C)CC6(C)C)c5cc(N(c6ccccc6)c6ccccc6)cc1c53)C(C)(C)CC4(C)C)C(C)(C)CC2(C)C. The van der Waals surface area contributed by atoms with Crippen molar-refractivity contribution in [2.45, 2.75) is 168 Å². The lowest BCUT2D eigenvalue weighted by Gasteiger charge is -2.46. The van der Waals surface area contributed by atoms with E-state index in [9.17, 15) is 0 Å². The van der Waals surface area contributed by atoms with Crippen molar-refractivity contribution in [1.29, 1.82) is 0 Å². The number of fused-ring (bicyclic) bond motifs is 7. The fourth-order valence-electron chi connectivity index (χ4n) is 15.6. The molecular weight excluding hydrogens is 870 g/mol. The normalized spacial score (nSPS) is 19.5. The van der Waals surface area contributed by atoms with Gasteiger partial charge in [-0.25, -0.2) is 0 Å². The van der Waals surface area contributed by atoms with Crippen LogP contribution in [0.1, 0.15) is 168 Å². The molecule has 3 nitrogen and oxygen atoms in total. The summed E-state index contributed by atoms with van der Waals surface area (Å²) in [4.78, 5) is 7.91. The molecule has 0 fully saturated rings. The van der Waals surface area contributed by atoms with E-state index in [0.717, 1.165) is 36.3 Å². The van der Waals surface area contributed by atoms with Crippen LogP contribution >= 0.6 is 0 Å². The second-order valence-electron chi connectivity index (χ2n) is 27.7. The van der Waals surface area contributed by atoms with Crippen LogP contribution in [0.15, 0.2) is 133 Å². The molecule has 7 aromatic rings. The van der Waals surface area contributed by atoms with Gasteiger partial charge >= 0.3 is 0 Å². The maximum Gasteiger partial charge on any atom is 0.252 e. The van der Waals surface area contributed by atoms with Gasteiger partial charge in [-0.2, -0.15) is 0 Å². The topological polar surface area (TPSA) is 9.72 Å². The van der Waals surface area contributed by atoms with Gasteiger partial charge in [-0.1, -0.05) is 171 Å². The van der Waals surface area contributed by atoms with Crippen molar-refractivity contribution in [3.05, 3.63) is 178 Å². The third kappa shape index (κ3) is 6.89. The van der Waals surface area contributed by atoms with Gasteiger partial charge in [0, 0.05) is 45.5 Å². The van der Waals surface area contributed by atoms with Gasteiger partial charge in [-0.15, -0.1) is 0 Å². The first kappa shape index (κ1) is 47.0. The van der Waals surface area contributed by atoms with Crippen LogP contribution in [-0.4, -0.2) is 6.71 Å². The molecule has 12 rings (SSSR count). The molecule has 0 atom stereocenters. The molecule has 72 heavy (non-hydrogen) atoms. The zero-order valence-corrected chi connectivity index (χ0v) is 46.2. The van der Waals surface area contributed by atoms with Crippen molar-refractivity contribution in [1.82, 2.24) is 0 Å². The van der Waals surface area contributed by atoms with Crippen LogP contribution in [0.3, 0.4) is 0 Å². The maximum absolute atomic E-state index is 2.74. The van der Waals surface area contributed by atoms with Crippen molar-refractivity contribution < 1.29 is 0 Å². The summed E-state index contributed by atoms with van der Waals surface area (Å²) in [6.45, 7) is 39.0. The molecule has 0 saturated carbocycles. The molecule has 0 N–H and O–H groups in total. The molecule has 0 radical (unpaired) electrons. The molecule has 5 aliphatic rings. The van der Waals surface area contributed by atoms with Crippen molar-refractivity contribution in [3.63, 3.8) is 0 Å². The van der Waals surface area contributed by atoms with Gasteiger partial charge in [-0.05, 0) is 192 Å². The first-order chi connectivity index (χ1) is 33.7. The molecule has 7 aromatic carbocycles. The molecule has 366 valence electrons. The lowest BCUT2D eigenvalue weighted by Crippen LogP contribution is -2.61. The molecule has 0 unspecified atom stereocenters. The van der Waals surface area contributed by atoms with E-state index in [1.54, 1.807) is 0 Å². The molecule has 4 heteroatoms. The van der Waals surface area contributed by atoms with Crippen molar-refractivity contribution in [2.75, 3.05) is 14.7 Å². The third-order valence-corrected chi connectivity index (χ3v) is 18.2. The van der Waals surface area contributed by atoms with E-state index in [2.05, 4.69) is 259 Å². The molecule has 0 saturated heterocycles. The highest BCUT2D eigenvalue weighted by Gasteiger charge is 2.50. The number of anilines is 9. The van der Waals surface area contributed by atoms with E-state index in [-0.39, 0.29) is 44.6 Å². The summed E-state index contributed by atoms with van der Waals surface area (Å²) in [6, 6.07) is 52.7. The summed E-state index contributed by atoms with van der Waals surface area (Å²) in [7, 11) is 0. The van der Waals surface area contributed by atoms with Gasteiger partial charge in [0.05, 0.1) is 5.69 Å². The average Bonchev–Trinajstić information content (AvgIpc) is 3.70. The number of nitrogens with zero attached hydrogens (tertiary/aromatic N) is 3. The predicted molar refractivity (Wildman–Crippen MR) is 311 cm³/mol. The molecule has 3 aliphatic carbocycles. The lowest BCUT2D eigenvalue weighted by molar-refractivity contribution is 0.402. The van der Waals surface area contributed by atoms with Crippen molar-refractivity contribution in [3.8, 4) is 0 Å². The Balaban J connectivity index is 1.25. The molecule has 0 bridgehead atoms. The Morgan fingerprint density at radius 1 is 0.403 bits per heavy atom. The molecule has 0 aromatic heterocycles. The summed E-state index contributed by atoms with van der Waals surface area (Å²) in [5.74, 6) is 0. The largest absolute Gasteiger partial charge is 0.311 e. The Kier molecular flexibility index (Phi) is 9.83. The second-order valence-corrected chi connectivity index (χ2v) is 27.7. The third-order valence-electron chi connectivity index (χ3n) is 18.2. The highest BCUT2D eigenvalue weighted by molar-refractivity contribution is 7.00. The molecular formula is C68H76BN3. The minimum atomic E-state index is -0.0551. The van der Waals surface area contributed by atoms with E-state index in [1.807, 2.05) is 0 Å². The number of para-hydroxylation sites is 2. The number of hydrogen-bond donors (Lipinski definition) is 0. The zero-order valence-electron chi connectivity index (χ0n) is 46.2. The minimum absolute atomic E-state index is 0.00260. The Labute approximate surface area is 432 Å². The molecule has 0 spiro atoms. The summed E-state index contributed by atoms with van der Waals surface area (Å²) in [6.07, 6.45) is 3.36. The molecule has 2 aliphatic heterocycles. The van der Waals surface area contributed by atoms with Crippen molar-refractivity contribution in [2.24, 2.45) is 0 Å². The van der Waals surface area contributed by atoms with Crippen LogP contribution in [0.4, 0.5) is 51.2 Å². The number of aryl methyl sites for hydroxylation is 1. The lowest BCUT2D eigenvalue weighted by atomic mass is 9.33. The Bertz CT molecular complexity index is 3360. The van der Waals surface area contributed by atoms with Crippen LogP contribution in [-0.2, 0) is 37.9 Å². The van der Waals surface area contributed by atoms with E-state index >= 15 is 0 Å². The Morgan fingerprint density at radius 3 is 1.40 bits per heavy atom. The molecule has 0 amide bonds. The highest BCUT2D eigenvalue weighted by Crippen LogP contribution is 2.57. The predicted octanol–water partition coefficient (Wildman–Crippen LogP) is 16.7. The van der Waals surface area contributed by atoms with Crippen LogP contribution in [0, 0.1) is 6.92 Å². The zero-order chi connectivity index (χ0) is 51.0. The first-order valence-corrected chi connectivity index (χ1v) is 27.0. The highest BCUT2D eigenvalue weighted by atomic mass is 15.2. The Hall–Kier alpha value is -6.00. The van der Waals surface area contributed by atoms with Gasteiger partial charge < -0.3 is 14.7 Å². The fraction of sp³-hybridized carbons (Fsp3) is 0.382. The monoisotopic (exact) mass is 946 g/mol. The van der Waals surface area contributed by atoms with Gasteiger partial charge in [0.15, 0.2) is 0 Å². The fourth-order valence-corrected chi connectivity index (χ4v) is 15.6. The smallest absolute Gasteiger partial charge is 0.252 e. The van der Waals surface area contributed by atoms with Crippen LogP contribution in [0.2, 0.25) is 0 Å². The second kappa shape index (κ2) is 15.1. The number of hydrogen-bond acceptors (Lipinski definition) is 3. The standard InChI is InChI=1S/C68H76BN3/c1-42-31-49-52(67(13,14)40-64(49,7)8)37-56(42)72-58-38-53-51(66(11,12)41-68(53,15)16)36-55(58)69-54-30-27-43(62(2,3)4)32-57(54)71(46-28-29-48-50(33-46)65(9,10)39-63(48,5)6)59-34-47(35-60(72)61(59)69)70(44-23-19-17-20-24-44)45-25-21-18-22-26-45/h17-38H,39-41H2,1-16H3.